The van der Waals surface area contributed by atoms with Crippen molar-refractivity contribution in [3.63, 3.8) is 0 Å². The largest absolute Gasteiger partial charge is 0.395 e. The number of halogens is 4. The fourth-order valence-corrected chi connectivity index (χ4v) is 11.5. The smallest absolute Gasteiger partial charge is 0.381 e. The van der Waals surface area contributed by atoms with Gasteiger partial charge in [-0.15, -0.1) is 0 Å². The summed E-state index contributed by atoms with van der Waals surface area (Å²) in [5, 5.41) is 0. The van der Waals surface area contributed by atoms with Crippen LogP contribution < -0.4 is 10.6 Å². The van der Waals surface area contributed by atoms with E-state index in [0.717, 1.165) is 83.4 Å². The summed E-state index contributed by atoms with van der Waals surface area (Å²) >= 11 is 5.60. The number of hydrogen-bond acceptors (Lipinski definition) is 9. The molecule has 0 saturated carbocycles. The zero-order valence-corrected chi connectivity index (χ0v) is 51.5. The number of aldehydes is 1. The molecular weight excluding hydrogens is 1000 g/mol. The zero-order valence-electron chi connectivity index (χ0n) is 50.7. The van der Waals surface area contributed by atoms with Crippen LogP contribution in [0.2, 0.25) is 0 Å². The van der Waals surface area contributed by atoms with E-state index in [-0.39, 0.29) is 48.5 Å². The summed E-state index contributed by atoms with van der Waals surface area (Å²) in [6.45, 7) is 42.4. The third-order valence-electron chi connectivity index (χ3n) is 15.5. The molecule has 0 spiro atoms. The standard InChI is InChI=1S/C26H34O3.C19H34ClN3O2.C9H16F3N.C2H4O.3C2H6.CH4/c1-19-23-11-5-3-9-21(23)17-25(19)28-15-7-13-27-14-8-16-29-26-18-22-10-4-6-12-24(22)20(26)2;1-8-9-14(10-15(24)12(2)22-20)13(3)23-16(17(21)25)18(4,5)11-19(23,6)7;1-6-5-8(3,9(10,11)12)7(2)13(6)4;1-2-3;3*1-2;/h3-6,9-12,19-20,25-26H,7-8,13-18H2,1-2H3;12,14,16,22H,3,8-11H2,1-2,4-7H3,(H2,21,25);6-7H,5H2,1-4H3;2H,1H3;3*1-2H3;1H4/t19-,20?,25+,26+;12?,14-,16-;;;;;;/m01....../s1. The van der Waals surface area contributed by atoms with Gasteiger partial charge in [0.15, 0.2) is 5.78 Å². The molecule has 5 unspecified atom stereocenters. The predicted octanol–water partition coefficient (Wildman–Crippen LogP) is 15.2. The molecule has 446 valence electrons. The Morgan fingerprint density at radius 1 is 0.844 bits per heavy atom. The first kappa shape index (κ1) is 75.7. The molecule has 77 heavy (non-hydrogen) atoms. The fraction of sp³-hybridized carbons (Fsp3) is 0.730. The molecule has 2 heterocycles. The van der Waals surface area contributed by atoms with Crippen LogP contribution in [0, 0.1) is 16.7 Å². The van der Waals surface area contributed by atoms with E-state index in [2.05, 4.69) is 113 Å². The molecule has 0 aromatic heterocycles. The van der Waals surface area contributed by atoms with Crippen molar-refractivity contribution in [3.05, 3.63) is 83.1 Å². The Kier molecular flexibility index (Phi) is 36.2. The maximum absolute atomic E-state index is 12.7. The maximum atomic E-state index is 12.7. The first-order valence-electron chi connectivity index (χ1n) is 28.6. The van der Waals surface area contributed by atoms with E-state index < -0.39 is 29.7 Å². The highest BCUT2D eigenvalue weighted by atomic mass is 35.5. The molecule has 10 nitrogen and oxygen atoms in total. The number of rotatable bonds is 19. The van der Waals surface area contributed by atoms with Crippen molar-refractivity contribution in [1.82, 2.24) is 14.6 Å². The van der Waals surface area contributed by atoms with E-state index in [1.165, 1.54) is 36.1 Å². The molecule has 2 aromatic carbocycles. The van der Waals surface area contributed by atoms with Crippen LogP contribution in [0.25, 0.3) is 0 Å². The number of fused-ring (bicyclic) bond motifs is 2. The lowest BCUT2D eigenvalue weighted by Crippen LogP contribution is -2.51. The molecule has 4 aliphatic rings. The van der Waals surface area contributed by atoms with Gasteiger partial charge in [0.1, 0.15) is 12.3 Å². The van der Waals surface area contributed by atoms with E-state index in [1.807, 2.05) is 48.5 Å². The number of ether oxygens (including phenoxy) is 3. The number of nitrogens with one attached hydrogen (secondary N) is 1. The van der Waals surface area contributed by atoms with E-state index in [0.29, 0.717) is 30.5 Å². The lowest BCUT2D eigenvalue weighted by Gasteiger charge is -2.42. The Labute approximate surface area is 473 Å². The second-order valence-electron chi connectivity index (χ2n) is 21.7. The average Bonchev–Trinajstić information content (AvgIpc) is 4.02. The van der Waals surface area contributed by atoms with E-state index >= 15 is 0 Å². The zero-order chi connectivity index (χ0) is 58.8. The lowest BCUT2D eigenvalue weighted by atomic mass is 9.81. The molecule has 14 heteroatoms. The fourth-order valence-electron chi connectivity index (χ4n) is 11.4. The monoisotopic (exact) mass is 1110 g/mol. The van der Waals surface area contributed by atoms with E-state index in [1.54, 1.807) is 25.8 Å². The Hall–Kier alpha value is -3.33. The minimum absolute atomic E-state index is 0. The molecule has 2 aromatic rings. The van der Waals surface area contributed by atoms with Crippen molar-refractivity contribution in [3.8, 4) is 0 Å². The van der Waals surface area contributed by atoms with Crippen molar-refractivity contribution >= 4 is 29.8 Å². The third-order valence-corrected chi connectivity index (χ3v) is 15.8. The number of carbonyl (C=O) groups is 3. The van der Waals surface area contributed by atoms with Crippen LogP contribution in [0.3, 0.4) is 0 Å². The van der Waals surface area contributed by atoms with Crippen LogP contribution in [0.4, 0.5) is 13.2 Å². The second-order valence-corrected chi connectivity index (χ2v) is 21.9. The second kappa shape index (κ2) is 36.8. The van der Waals surface area contributed by atoms with Gasteiger partial charge in [0.2, 0.25) is 5.91 Å². The number of amides is 1. The highest BCUT2D eigenvalue weighted by Gasteiger charge is 2.60. The number of nitrogens with two attached hydrogens (primary N) is 1. The Morgan fingerprint density at radius 3 is 1.61 bits per heavy atom. The van der Waals surface area contributed by atoms with Gasteiger partial charge < -0.3 is 34.5 Å². The van der Waals surface area contributed by atoms with Crippen molar-refractivity contribution in [2.24, 2.45) is 22.5 Å². The van der Waals surface area contributed by atoms with Crippen molar-refractivity contribution in [2.45, 2.75) is 250 Å². The minimum Gasteiger partial charge on any atom is -0.381 e. The summed E-state index contributed by atoms with van der Waals surface area (Å²) in [5.41, 5.74) is 10.3. The number of likely N-dealkylation sites (tertiary alicyclic amines) is 2. The van der Waals surface area contributed by atoms with Gasteiger partial charge in [-0.3, -0.25) is 9.59 Å². The molecule has 2 saturated heterocycles. The summed E-state index contributed by atoms with van der Waals surface area (Å²) in [5.74, 6) is 0.664. The van der Waals surface area contributed by atoms with Gasteiger partial charge in [-0.1, -0.05) is 145 Å². The number of ketones is 1. The van der Waals surface area contributed by atoms with Gasteiger partial charge in [0.05, 0.1) is 23.7 Å². The molecule has 0 bridgehead atoms. The van der Waals surface area contributed by atoms with Gasteiger partial charge in [-0.05, 0) is 140 Å². The molecular formula is C63H110ClF3N4O6. The topological polar surface area (TPSA) is 123 Å². The van der Waals surface area contributed by atoms with Gasteiger partial charge in [-0.25, -0.2) is 4.84 Å². The summed E-state index contributed by atoms with van der Waals surface area (Å²) in [7, 11) is 1.76. The molecule has 3 N–H and O–H groups in total. The normalized spacial score (nSPS) is 24.9. The number of Topliss-reactive ketones (excluding diaryl/α,β-unsaturated/α-hetero) is 1. The molecule has 0 radical (unpaired) electrons. The van der Waals surface area contributed by atoms with Crippen molar-refractivity contribution in [1.29, 1.82) is 0 Å². The Morgan fingerprint density at radius 2 is 1.27 bits per heavy atom. The van der Waals surface area contributed by atoms with Crippen LogP contribution in [-0.2, 0) is 41.4 Å². The Bertz CT molecular complexity index is 1920. The number of hydrogen-bond donors (Lipinski definition) is 2. The SMILES string of the molecule is C.C=C([C@H](CCC)CC(=O)C(C)NCl)N1[C@H](C(N)=O)C(C)(C)CC1(C)C.CC.CC.CC.CC1CC(C)(C(F)(F)F)C(C)N1C.CC1c2ccccc2C[C@H]1OCCCOCCCO[C@@H]1Cc2ccccc2[C@@H]1C.CC=O. The molecule has 6 rings (SSSR count). The summed E-state index contributed by atoms with van der Waals surface area (Å²) in [6, 6.07) is 16.2. The van der Waals surface area contributed by atoms with Crippen LogP contribution >= 0.6 is 11.8 Å². The average molecular weight is 1110 g/mol. The van der Waals surface area contributed by atoms with Crippen molar-refractivity contribution < 1.29 is 41.8 Å². The van der Waals surface area contributed by atoms with E-state index in [9.17, 15) is 22.8 Å². The van der Waals surface area contributed by atoms with Crippen LogP contribution in [0.1, 0.15) is 211 Å². The maximum Gasteiger partial charge on any atom is 0.395 e. The number of alkyl halides is 3. The highest BCUT2D eigenvalue weighted by Crippen LogP contribution is 2.51. The molecule has 2 aliphatic carbocycles. The van der Waals surface area contributed by atoms with Gasteiger partial charge >= 0.3 is 6.18 Å². The molecule has 2 fully saturated rings. The first-order chi connectivity index (χ1) is 35.7. The minimum atomic E-state index is -4.09. The number of benzene rings is 2. The summed E-state index contributed by atoms with van der Waals surface area (Å²) in [4.78, 5) is 39.8. The van der Waals surface area contributed by atoms with Gasteiger partial charge in [0, 0.05) is 73.9 Å². The van der Waals surface area contributed by atoms with Crippen LogP contribution in [0.5, 0.6) is 0 Å². The van der Waals surface area contributed by atoms with Gasteiger partial charge in [-0.2, -0.15) is 13.2 Å². The third kappa shape index (κ3) is 21.6. The van der Waals surface area contributed by atoms with Crippen LogP contribution in [-0.4, -0.2) is 109 Å². The van der Waals surface area contributed by atoms with Crippen molar-refractivity contribution in [2.75, 3.05) is 33.5 Å². The highest BCUT2D eigenvalue weighted by molar-refractivity contribution is 6.15. The number of primary amides is 1. The van der Waals surface area contributed by atoms with Crippen LogP contribution in [0.15, 0.2) is 60.8 Å². The number of allylic oxidation sites excluding steroid dienone is 1. The molecule has 2 aliphatic heterocycles. The van der Waals surface area contributed by atoms with Gasteiger partial charge in [0.25, 0.3) is 0 Å². The molecule has 10 atom stereocenters. The number of nitrogens with zero attached hydrogens (tertiary/aromatic N) is 2. The summed E-state index contributed by atoms with van der Waals surface area (Å²) < 4.78 is 56.2. The number of carbonyl (C=O) groups excluding carboxylic acids is 3. The summed E-state index contributed by atoms with van der Waals surface area (Å²) in [6.07, 6.45) is 4.43. The first-order valence-corrected chi connectivity index (χ1v) is 28.9. The lowest BCUT2D eigenvalue weighted by molar-refractivity contribution is -0.223. The van der Waals surface area contributed by atoms with E-state index in [4.69, 9.17) is 36.5 Å². The quantitative estimate of drug-likeness (QED) is 0.0804. The Balaban J connectivity index is 0. The molecule has 1 amide bonds. The predicted molar refractivity (Wildman–Crippen MR) is 318 cm³/mol.